The summed E-state index contributed by atoms with van der Waals surface area (Å²) in [5, 5.41) is 61.9. The molecule has 0 amide bonds. The van der Waals surface area contributed by atoms with Crippen molar-refractivity contribution in [2.45, 2.75) is 19.6 Å². The van der Waals surface area contributed by atoms with Crippen molar-refractivity contribution in [3.63, 3.8) is 0 Å². The molecule has 4 aromatic carbocycles. The maximum absolute atomic E-state index is 12.6. The first-order chi connectivity index (χ1) is 29.2. The van der Waals surface area contributed by atoms with E-state index in [0.29, 0.717) is 34.7 Å². The van der Waals surface area contributed by atoms with Gasteiger partial charge in [-0.3, -0.25) is 19.3 Å². The number of nitrogens with one attached hydrogen (secondary N) is 2. The maximum Gasteiger partial charge on any atom is 1.00 e. The second kappa shape index (κ2) is 30.6. The van der Waals surface area contributed by atoms with Gasteiger partial charge in [0, 0.05) is 16.3 Å². The third-order valence-electron chi connectivity index (χ3n) is 7.10. The first-order valence-electron chi connectivity index (χ1n) is 15.8. The Morgan fingerprint density at radius 2 is 1.26 bits per heavy atom. The molecule has 26 nitrogen and oxygen atoms in total. The van der Waals surface area contributed by atoms with E-state index in [9.17, 15) is 37.2 Å². The van der Waals surface area contributed by atoms with Gasteiger partial charge in [-0.25, -0.2) is 16.8 Å². The first kappa shape index (κ1) is 62.1. The van der Waals surface area contributed by atoms with Crippen LogP contribution in [0.3, 0.4) is 0 Å². The van der Waals surface area contributed by atoms with E-state index in [1.807, 2.05) is 0 Å². The Morgan fingerprint density at radius 1 is 0.677 bits per heavy atom. The van der Waals surface area contributed by atoms with Crippen LogP contribution in [0.4, 0.5) is 57.4 Å². The number of anilines is 6. The van der Waals surface area contributed by atoms with E-state index >= 15 is 0 Å². The van der Waals surface area contributed by atoms with Crippen LogP contribution in [-0.2, 0) is 52.3 Å². The molecular weight excluding hydrogens is 1030 g/mol. The molecule has 0 fully saturated rings. The van der Waals surface area contributed by atoms with Gasteiger partial charge in [-0.1, -0.05) is 0 Å². The number of halogens is 1. The van der Waals surface area contributed by atoms with E-state index in [-0.39, 0.29) is 187 Å². The Bertz CT molecular complexity index is 2610. The molecule has 5 rings (SSSR count). The SMILES string of the molecule is Nc1c(N=Nc2ccc(S(=O)(=O)CCOSOO[O-])cc2)cc(S(=O)(=O)[O-])c(N)c1N=Nc1cc(Nc2nc(Cl)nc(Nc3ccc(SOO[O-])cc3)n2)ccc1SOO[O-].[Na+].[Na+].[Na+].[Na+]. The molecule has 0 aliphatic carbocycles. The number of nitrogen functional groups attached to an aromatic ring is 2. The second-order valence-electron chi connectivity index (χ2n) is 10.9. The van der Waals surface area contributed by atoms with Crippen molar-refractivity contribution in [1.82, 2.24) is 15.0 Å². The van der Waals surface area contributed by atoms with E-state index in [2.05, 4.69) is 74.2 Å². The van der Waals surface area contributed by atoms with Crippen LogP contribution in [0.1, 0.15) is 0 Å². The van der Waals surface area contributed by atoms with Gasteiger partial charge in [-0.15, -0.1) is 19.7 Å². The number of nitrogens with two attached hydrogens (primary N) is 2. The van der Waals surface area contributed by atoms with E-state index in [1.54, 1.807) is 24.3 Å². The number of nitrogens with zero attached hydrogens (tertiary/aromatic N) is 7. The molecule has 1 aromatic heterocycles. The van der Waals surface area contributed by atoms with Crippen LogP contribution >= 0.6 is 48.0 Å². The summed E-state index contributed by atoms with van der Waals surface area (Å²) >= 11 is 7.40. The largest absolute Gasteiger partial charge is 1.00 e. The molecule has 0 saturated carbocycles. The number of hydrogen-bond donors (Lipinski definition) is 4. The number of azo groups is 2. The second-order valence-corrected chi connectivity index (χ2v) is 16.7. The number of sulfone groups is 1. The third-order valence-corrected chi connectivity index (χ3v) is 11.4. The van der Waals surface area contributed by atoms with Crippen LogP contribution in [0.15, 0.2) is 113 Å². The average molecular weight is 1050 g/mol. The maximum atomic E-state index is 12.6. The van der Waals surface area contributed by atoms with Gasteiger partial charge < -0.3 is 42.4 Å². The van der Waals surface area contributed by atoms with Crippen LogP contribution in [-0.4, -0.2) is 48.7 Å². The predicted molar refractivity (Wildman–Crippen MR) is 206 cm³/mol. The van der Waals surface area contributed by atoms with Crippen molar-refractivity contribution in [1.29, 1.82) is 0 Å². The number of aromatic nitrogens is 3. The fourth-order valence-corrected chi connectivity index (χ4v) is 7.44. The van der Waals surface area contributed by atoms with Crippen LogP contribution in [0, 0.1) is 0 Å². The summed E-state index contributed by atoms with van der Waals surface area (Å²) in [6.45, 7) is -0.350. The molecule has 0 aliphatic heterocycles. The molecule has 0 bridgehead atoms. The van der Waals surface area contributed by atoms with Crippen LogP contribution in [0.25, 0.3) is 0 Å². The van der Waals surface area contributed by atoms with Crippen LogP contribution < -0.4 is 156 Å². The van der Waals surface area contributed by atoms with Crippen molar-refractivity contribution in [3.8, 4) is 0 Å². The summed E-state index contributed by atoms with van der Waals surface area (Å²) in [5.41, 5.74) is 11.1. The zero-order chi connectivity index (χ0) is 44.0. The third kappa shape index (κ3) is 19.4. The summed E-state index contributed by atoms with van der Waals surface area (Å²) in [4.78, 5) is 11.9. The topological polar surface area (TPSA) is 389 Å². The molecule has 6 N–H and O–H groups in total. The van der Waals surface area contributed by atoms with Crippen molar-refractivity contribution >= 4 is 125 Å². The number of benzene rings is 4. The van der Waals surface area contributed by atoms with Gasteiger partial charge in [0.05, 0.1) is 68.2 Å². The molecule has 0 radical (unpaired) electrons. The monoisotopic (exact) mass is 1050 g/mol. The number of rotatable bonds is 22. The van der Waals surface area contributed by atoms with Gasteiger partial charge in [0.1, 0.15) is 27.2 Å². The summed E-state index contributed by atoms with van der Waals surface area (Å²) in [7, 11) is -9.13. The molecule has 0 aliphatic rings. The molecule has 324 valence electrons. The van der Waals surface area contributed by atoms with Crippen molar-refractivity contribution in [2.24, 2.45) is 20.5 Å². The van der Waals surface area contributed by atoms with Gasteiger partial charge in [-0.2, -0.15) is 28.7 Å². The zero-order valence-electron chi connectivity index (χ0n) is 33.7. The van der Waals surface area contributed by atoms with E-state index in [0.717, 1.165) is 6.07 Å². The summed E-state index contributed by atoms with van der Waals surface area (Å²) in [6.07, 6.45) is 0. The molecule has 65 heavy (non-hydrogen) atoms. The fraction of sp³-hybridized carbons (Fsp3) is 0.0690. The molecule has 0 atom stereocenters. The minimum absolute atomic E-state index is 0. The molecule has 5 aromatic rings. The Hall–Kier alpha value is -0.910. The molecule has 1 heterocycles. The minimum Gasteiger partial charge on any atom is -0.744 e. The minimum atomic E-state index is -5.27. The molecular formula is C29H22ClN11Na4O15S5. The first-order valence-corrected chi connectivity index (χ1v) is 21.3. The Morgan fingerprint density at radius 3 is 1.88 bits per heavy atom. The van der Waals surface area contributed by atoms with E-state index < -0.39 is 47.7 Å². The van der Waals surface area contributed by atoms with Gasteiger partial charge in [0.2, 0.25) is 17.2 Å². The summed E-state index contributed by atoms with van der Waals surface area (Å²) in [5.74, 6) is -0.528. The van der Waals surface area contributed by atoms with Crippen molar-refractivity contribution in [2.75, 3.05) is 34.5 Å². The zero-order valence-corrected chi connectivity index (χ0v) is 46.5. The smallest absolute Gasteiger partial charge is 0.744 e. The Labute approximate surface area is 474 Å². The van der Waals surface area contributed by atoms with Gasteiger partial charge >= 0.3 is 118 Å². The summed E-state index contributed by atoms with van der Waals surface area (Å²) < 4.78 is 79.2. The fourth-order valence-electron chi connectivity index (χ4n) is 4.48. The molecule has 0 spiro atoms. The average Bonchev–Trinajstić information content (AvgIpc) is 3.22. The molecule has 0 saturated heterocycles. The Balaban J connectivity index is 0.00000528. The van der Waals surface area contributed by atoms with Gasteiger partial charge in [0.25, 0.3) is 0 Å². The van der Waals surface area contributed by atoms with Gasteiger partial charge in [0.15, 0.2) is 22.2 Å². The number of hydrogen-bond acceptors (Lipinski definition) is 29. The van der Waals surface area contributed by atoms with Gasteiger partial charge in [-0.05, 0) is 84.4 Å². The standard InChI is InChI=1S/C29H26ClN11O15S5.4Na/c30-27-35-28(33-15-1-6-18(7-2-15)57-54-51-42)37-29(36-27)34-17-5-10-22(58-55-52-43)20(13-17)39-41-26-24(31)21(14-23(25(26)32)61(47,48)49)40-38-16-3-8-19(9-4-16)60(45,46)12-11-50-59-56-53-44;;;;/h1-10,13-14,42-44H,11-12,31-32H2,(H,47,48,49)(H2,33,34,35,36,37);;;;/q;4*+1/p-4. The van der Waals surface area contributed by atoms with Crippen LogP contribution in [0.2, 0.25) is 5.28 Å². The molecule has 0 unspecified atom stereocenters. The van der Waals surface area contributed by atoms with E-state index in [1.165, 1.54) is 42.5 Å². The molecule has 36 heteroatoms. The van der Waals surface area contributed by atoms with E-state index in [4.69, 9.17) is 27.3 Å². The summed E-state index contributed by atoms with van der Waals surface area (Å²) in [6, 6.07) is 16.4. The predicted octanol–water partition coefficient (Wildman–Crippen LogP) is -8.03. The van der Waals surface area contributed by atoms with Crippen molar-refractivity contribution in [3.05, 3.63) is 78.1 Å². The van der Waals surface area contributed by atoms with Crippen molar-refractivity contribution < 1.29 is 188 Å². The normalized spacial score (nSPS) is 11.3. The van der Waals surface area contributed by atoms with Crippen LogP contribution in [0.5, 0.6) is 0 Å². The quantitative estimate of drug-likeness (QED) is 0.00731. The Kier molecular flexibility index (Phi) is 29.3.